The molecule has 0 radical (unpaired) electrons. The summed E-state index contributed by atoms with van der Waals surface area (Å²) in [6.07, 6.45) is 1.82. The lowest BCUT2D eigenvalue weighted by molar-refractivity contribution is 0.777. The highest BCUT2D eigenvalue weighted by molar-refractivity contribution is 5.74. The van der Waals surface area contributed by atoms with E-state index in [0.717, 1.165) is 11.1 Å². The van der Waals surface area contributed by atoms with Crippen LogP contribution in [-0.2, 0) is 0 Å². The minimum Gasteiger partial charge on any atom is -0.196 e. The Morgan fingerprint density at radius 3 is 2.13 bits per heavy atom. The molecule has 0 heterocycles. The van der Waals surface area contributed by atoms with Gasteiger partial charge in [0.15, 0.2) is 5.41 Å². The first-order valence-corrected chi connectivity index (χ1v) is 4.72. The highest BCUT2D eigenvalue weighted by atomic mass is 14.4. The lowest BCUT2D eigenvalue weighted by Gasteiger charge is -2.17. The van der Waals surface area contributed by atoms with Crippen LogP contribution in [0.1, 0.15) is 19.4 Å². The third kappa shape index (κ3) is 2.06. The van der Waals surface area contributed by atoms with E-state index >= 15 is 0 Å². The fourth-order valence-corrected chi connectivity index (χ4v) is 1.51. The molecular formula is C13H12N2. The minimum atomic E-state index is -1.07. The van der Waals surface area contributed by atoms with Crippen molar-refractivity contribution in [3.63, 3.8) is 0 Å². The van der Waals surface area contributed by atoms with E-state index in [1.165, 1.54) is 0 Å². The van der Waals surface area contributed by atoms with Crippen molar-refractivity contribution in [2.75, 3.05) is 0 Å². The maximum atomic E-state index is 9.03. The maximum absolute atomic E-state index is 9.03. The molecule has 15 heavy (non-hydrogen) atoms. The Bertz CT molecular complexity index is 430. The number of allylic oxidation sites excluding steroid dienone is 2. The first-order chi connectivity index (χ1) is 7.18. The van der Waals surface area contributed by atoms with Gasteiger partial charge in [-0.1, -0.05) is 36.4 Å². The number of hydrogen-bond donors (Lipinski definition) is 0. The van der Waals surface area contributed by atoms with E-state index in [1.54, 1.807) is 6.92 Å². The highest BCUT2D eigenvalue weighted by Gasteiger charge is 2.28. The van der Waals surface area contributed by atoms with Crippen molar-refractivity contribution in [2.45, 2.75) is 13.8 Å². The van der Waals surface area contributed by atoms with E-state index in [2.05, 4.69) is 0 Å². The van der Waals surface area contributed by atoms with Gasteiger partial charge in [0.1, 0.15) is 0 Å². The Morgan fingerprint density at radius 2 is 1.73 bits per heavy atom. The molecule has 0 fully saturated rings. The first-order valence-electron chi connectivity index (χ1n) is 4.72. The second-order valence-electron chi connectivity index (χ2n) is 3.42. The summed E-state index contributed by atoms with van der Waals surface area (Å²) in [7, 11) is 0. The highest BCUT2D eigenvalue weighted by Crippen LogP contribution is 2.33. The molecule has 1 aromatic carbocycles. The Kier molecular flexibility index (Phi) is 3.26. The van der Waals surface area contributed by atoms with Gasteiger partial charge in [0.25, 0.3) is 0 Å². The topological polar surface area (TPSA) is 47.6 Å². The van der Waals surface area contributed by atoms with Crippen LogP contribution in [0, 0.1) is 28.1 Å². The van der Waals surface area contributed by atoms with Crippen molar-refractivity contribution < 1.29 is 0 Å². The summed E-state index contributed by atoms with van der Waals surface area (Å²) < 4.78 is 0. The fraction of sp³-hybridized carbons (Fsp3) is 0.231. The van der Waals surface area contributed by atoms with Crippen molar-refractivity contribution >= 4 is 5.57 Å². The molecule has 0 aromatic heterocycles. The lowest BCUT2D eigenvalue weighted by atomic mass is 9.81. The van der Waals surface area contributed by atoms with E-state index in [-0.39, 0.29) is 0 Å². The molecule has 0 saturated heterocycles. The average molecular weight is 196 g/mol. The third-order valence-corrected chi connectivity index (χ3v) is 2.36. The van der Waals surface area contributed by atoms with E-state index in [0.29, 0.717) is 0 Å². The van der Waals surface area contributed by atoms with Crippen LogP contribution in [0.25, 0.3) is 5.57 Å². The van der Waals surface area contributed by atoms with Crippen LogP contribution in [0.3, 0.4) is 0 Å². The van der Waals surface area contributed by atoms with Crippen LogP contribution in [0.2, 0.25) is 0 Å². The van der Waals surface area contributed by atoms with Crippen LogP contribution in [0.5, 0.6) is 0 Å². The average Bonchev–Trinajstić information content (AvgIpc) is 2.31. The van der Waals surface area contributed by atoms with Gasteiger partial charge >= 0.3 is 0 Å². The molecule has 2 nitrogen and oxygen atoms in total. The van der Waals surface area contributed by atoms with Gasteiger partial charge in [0.05, 0.1) is 12.1 Å². The van der Waals surface area contributed by atoms with Gasteiger partial charge in [-0.3, -0.25) is 0 Å². The smallest absolute Gasteiger partial charge is 0.166 e. The van der Waals surface area contributed by atoms with Crippen molar-refractivity contribution in [1.82, 2.24) is 0 Å². The Morgan fingerprint density at radius 1 is 1.20 bits per heavy atom. The third-order valence-electron chi connectivity index (χ3n) is 2.36. The van der Waals surface area contributed by atoms with Crippen LogP contribution >= 0.6 is 0 Å². The van der Waals surface area contributed by atoms with Gasteiger partial charge < -0.3 is 0 Å². The van der Waals surface area contributed by atoms with Gasteiger partial charge in [-0.2, -0.15) is 10.5 Å². The van der Waals surface area contributed by atoms with Crippen LogP contribution < -0.4 is 0 Å². The zero-order chi connectivity index (χ0) is 11.3. The number of hydrogen-bond acceptors (Lipinski definition) is 2. The normalized spacial score (nSPS) is 11.6. The monoisotopic (exact) mass is 196 g/mol. The summed E-state index contributed by atoms with van der Waals surface area (Å²) in [5.74, 6) is 0. The van der Waals surface area contributed by atoms with Crippen LogP contribution in [-0.4, -0.2) is 0 Å². The molecular weight excluding hydrogens is 184 g/mol. The fourth-order valence-electron chi connectivity index (χ4n) is 1.51. The predicted octanol–water partition coefficient (Wildman–Crippen LogP) is 3.14. The molecule has 1 aromatic rings. The molecule has 0 N–H and O–H groups in total. The summed E-state index contributed by atoms with van der Waals surface area (Å²) in [6.45, 7) is 3.48. The summed E-state index contributed by atoms with van der Waals surface area (Å²) >= 11 is 0. The zero-order valence-electron chi connectivity index (χ0n) is 8.86. The second-order valence-corrected chi connectivity index (χ2v) is 3.42. The molecule has 0 bridgehead atoms. The number of rotatable bonds is 2. The van der Waals surface area contributed by atoms with E-state index in [9.17, 15) is 0 Å². The maximum Gasteiger partial charge on any atom is 0.166 e. The standard InChI is InChI=1S/C13H12N2/c1-3-12(13(2,9-14)10-15)11-7-5-4-6-8-11/h3-8H,1-2H3/b12-3-. The number of nitriles is 2. The van der Waals surface area contributed by atoms with Gasteiger partial charge in [-0.15, -0.1) is 0 Å². The van der Waals surface area contributed by atoms with E-state index < -0.39 is 5.41 Å². The molecule has 0 spiro atoms. The summed E-state index contributed by atoms with van der Waals surface area (Å²) in [5.41, 5.74) is 0.606. The summed E-state index contributed by atoms with van der Waals surface area (Å²) in [5, 5.41) is 18.1. The Labute approximate surface area is 90.1 Å². The zero-order valence-corrected chi connectivity index (χ0v) is 8.86. The van der Waals surface area contributed by atoms with Crippen molar-refractivity contribution in [2.24, 2.45) is 5.41 Å². The molecule has 2 heteroatoms. The van der Waals surface area contributed by atoms with E-state index in [1.807, 2.05) is 55.5 Å². The van der Waals surface area contributed by atoms with Gasteiger partial charge in [0, 0.05) is 0 Å². The minimum absolute atomic E-state index is 0.758. The molecule has 0 amide bonds. The van der Waals surface area contributed by atoms with Crippen LogP contribution in [0.15, 0.2) is 36.4 Å². The number of nitrogens with zero attached hydrogens (tertiary/aromatic N) is 2. The van der Waals surface area contributed by atoms with E-state index in [4.69, 9.17) is 10.5 Å². The quantitative estimate of drug-likeness (QED) is 0.729. The lowest BCUT2D eigenvalue weighted by Crippen LogP contribution is -2.13. The predicted molar refractivity (Wildman–Crippen MR) is 59.4 cm³/mol. The summed E-state index contributed by atoms with van der Waals surface area (Å²) in [4.78, 5) is 0. The molecule has 0 atom stereocenters. The van der Waals surface area contributed by atoms with Crippen LogP contribution in [0.4, 0.5) is 0 Å². The molecule has 0 aliphatic heterocycles. The molecule has 74 valence electrons. The Balaban J connectivity index is 3.26. The molecule has 0 aliphatic rings. The van der Waals surface area contributed by atoms with Gasteiger partial charge in [0.2, 0.25) is 0 Å². The second kappa shape index (κ2) is 4.44. The van der Waals surface area contributed by atoms with Crippen molar-refractivity contribution in [3.8, 4) is 12.1 Å². The SMILES string of the molecule is C/C=C(/c1ccccc1)C(C)(C#N)C#N. The first kappa shape index (κ1) is 11.0. The molecule has 1 rings (SSSR count). The van der Waals surface area contributed by atoms with Crippen molar-refractivity contribution in [1.29, 1.82) is 10.5 Å². The Hall–Kier alpha value is -2.06. The molecule has 0 unspecified atom stereocenters. The van der Waals surface area contributed by atoms with Crippen molar-refractivity contribution in [3.05, 3.63) is 42.0 Å². The number of benzene rings is 1. The van der Waals surface area contributed by atoms with Gasteiger partial charge in [-0.25, -0.2) is 0 Å². The largest absolute Gasteiger partial charge is 0.196 e. The molecule has 0 aliphatic carbocycles. The molecule has 0 saturated carbocycles. The van der Waals surface area contributed by atoms with Gasteiger partial charge in [-0.05, 0) is 25.0 Å². The summed E-state index contributed by atoms with van der Waals surface area (Å²) in [6, 6.07) is 13.6.